The summed E-state index contributed by atoms with van der Waals surface area (Å²) in [6, 6.07) is 12.8. The Hall–Kier alpha value is -3.96. The summed E-state index contributed by atoms with van der Waals surface area (Å²) < 4.78 is 15.8. The first-order valence-corrected chi connectivity index (χ1v) is 11.3. The number of hydrogen-bond donors (Lipinski definition) is 3. The van der Waals surface area contributed by atoms with Crippen molar-refractivity contribution in [2.24, 2.45) is 0 Å². The van der Waals surface area contributed by atoms with Crippen LogP contribution >= 0.6 is 0 Å². The topological polar surface area (TPSA) is 108 Å². The van der Waals surface area contributed by atoms with Gasteiger partial charge < -0.3 is 24.5 Å². The van der Waals surface area contributed by atoms with Gasteiger partial charge in [0.25, 0.3) is 0 Å². The summed E-state index contributed by atoms with van der Waals surface area (Å²) in [4.78, 5) is 27.4. The van der Waals surface area contributed by atoms with Crippen molar-refractivity contribution in [2.45, 2.75) is 24.7 Å². The van der Waals surface area contributed by atoms with Crippen LogP contribution in [0.4, 0.5) is 10.5 Å². The number of hydrazine groups is 2. The van der Waals surface area contributed by atoms with Gasteiger partial charge in [-0.25, -0.2) is 20.7 Å². The van der Waals surface area contributed by atoms with E-state index in [1.807, 2.05) is 35.5 Å². The SMILES string of the molecule is COc1ccc(C2CC3C4NN(CC(=O)Nc5ccc(OC)cc5OC)C(=O)N4C=CN3N2)cc1. The van der Waals surface area contributed by atoms with Crippen molar-refractivity contribution in [3.05, 3.63) is 60.4 Å². The molecule has 3 amide bonds. The zero-order chi connectivity index (χ0) is 24.5. The number of methoxy groups -OCH3 is 3. The van der Waals surface area contributed by atoms with Gasteiger partial charge in [-0.2, -0.15) is 0 Å². The first-order valence-electron chi connectivity index (χ1n) is 11.3. The fourth-order valence-electron chi connectivity index (χ4n) is 4.62. The minimum atomic E-state index is -0.351. The Balaban J connectivity index is 1.24. The van der Waals surface area contributed by atoms with Crippen molar-refractivity contribution < 1.29 is 23.8 Å². The molecule has 35 heavy (non-hydrogen) atoms. The van der Waals surface area contributed by atoms with E-state index in [1.54, 1.807) is 43.5 Å². The minimum absolute atomic E-state index is 0.00852. The number of fused-ring (bicyclic) bond motifs is 3. The average Bonchev–Trinajstić information content (AvgIpc) is 3.45. The second kappa shape index (κ2) is 9.35. The van der Waals surface area contributed by atoms with Gasteiger partial charge in [0.15, 0.2) is 0 Å². The van der Waals surface area contributed by atoms with Gasteiger partial charge >= 0.3 is 6.03 Å². The number of carbonyl (C=O) groups is 2. The summed E-state index contributed by atoms with van der Waals surface area (Å²) in [5.74, 6) is 1.54. The van der Waals surface area contributed by atoms with E-state index in [9.17, 15) is 9.59 Å². The molecular formula is C24H28N6O5. The van der Waals surface area contributed by atoms with Crippen molar-refractivity contribution in [3.63, 3.8) is 0 Å². The Morgan fingerprint density at radius 1 is 1.00 bits per heavy atom. The predicted octanol–water partition coefficient (Wildman–Crippen LogP) is 2.02. The predicted molar refractivity (Wildman–Crippen MR) is 127 cm³/mol. The molecule has 2 fully saturated rings. The molecule has 5 rings (SSSR count). The molecule has 3 aliphatic rings. The maximum Gasteiger partial charge on any atom is 0.340 e. The number of nitrogens with one attached hydrogen (secondary N) is 3. The van der Waals surface area contributed by atoms with Crippen LogP contribution in [-0.2, 0) is 4.79 Å². The van der Waals surface area contributed by atoms with Crippen LogP contribution < -0.4 is 30.4 Å². The van der Waals surface area contributed by atoms with Crippen LogP contribution in [0.5, 0.6) is 17.2 Å². The van der Waals surface area contributed by atoms with E-state index in [1.165, 1.54) is 12.1 Å². The number of rotatable bonds is 7. The molecule has 2 aromatic rings. The van der Waals surface area contributed by atoms with Gasteiger partial charge in [0.05, 0.1) is 39.1 Å². The number of anilines is 1. The van der Waals surface area contributed by atoms with Crippen molar-refractivity contribution >= 4 is 17.6 Å². The molecule has 3 heterocycles. The Labute approximate surface area is 203 Å². The second-order valence-corrected chi connectivity index (χ2v) is 8.43. The molecule has 0 aromatic heterocycles. The number of hydrogen-bond acceptors (Lipinski definition) is 8. The molecule has 2 aromatic carbocycles. The number of ether oxygens (including phenoxy) is 3. The summed E-state index contributed by atoms with van der Waals surface area (Å²) in [6.07, 6.45) is 4.06. The monoisotopic (exact) mass is 480 g/mol. The van der Waals surface area contributed by atoms with E-state index in [4.69, 9.17) is 14.2 Å². The van der Waals surface area contributed by atoms with E-state index in [0.29, 0.717) is 17.2 Å². The third kappa shape index (κ3) is 4.31. The summed E-state index contributed by atoms with van der Waals surface area (Å²) in [5.41, 5.74) is 8.33. The summed E-state index contributed by atoms with van der Waals surface area (Å²) in [6.45, 7) is -0.156. The summed E-state index contributed by atoms with van der Waals surface area (Å²) in [5, 5.41) is 6.16. The zero-order valence-corrected chi connectivity index (χ0v) is 19.7. The Bertz CT molecular complexity index is 1140. The van der Waals surface area contributed by atoms with Crippen molar-refractivity contribution in [3.8, 4) is 17.2 Å². The third-order valence-corrected chi connectivity index (χ3v) is 6.43. The number of amides is 3. The fourth-order valence-corrected chi connectivity index (χ4v) is 4.62. The van der Waals surface area contributed by atoms with E-state index in [0.717, 1.165) is 17.7 Å². The van der Waals surface area contributed by atoms with Gasteiger partial charge in [0, 0.05) is 18.5 Å². The zero-order valence-electron chi connectivity index (χ0n) is 19.7. The first-order chi connectivity index (χ1) is 17.0. The highest BCUT2D eigenvalue weighted by Gasteiger charge is 2.48. The molecule has 0 spiro atoms. The quantitative estimate of drug-likeness (QED) is 0.553. The van der Waals surface area contributed by atoms with E-state index >= 15 is 0 Å². The van der Waals surface area contributed by atoms with Crippen LogP contribution in [0.15, 0.2) is 54.9 Å². The largest absolute Gasteiger partial charge is 0.497 e. The van der Waals surface area contributed by atoms with Crippen LogP contribution in [0.3, 0.4) is 0 Å². The van der Waals surface area contributed by atoms with Crippen LogP contribution in [0.2, 0.25) is 0 Å². The normalized spacial score (nSPS) is 22.7. The molecular weight excluding hydrogens is 452 g/mol. The smallest absolute Gasteiger partial charge is 0.340 e. The standard InChI is InChI=1S/C24H28N6O5/c1-33-16-6-4-15(5-7-16)19-13-20-23-27-30(24(32)28(23)10-11-29(20)26-19)14-22(31)25-18-9-8-17(34-2)12-21(18)35-3/h4-12,19-20,23,26-27H,13-14H2,1-3H3,(H,25,31). The third-order valence-electron chi connectivity index (χ3n) is 6.43. The Kier molecular flexibility index (Phi) is 6.10. The van der Waals surface area contributed by atoms with Gasteiger partial charge in [-0.15, -0.1) is 0 Å². The number of carbonyl (C=O) groups excluding carboxylic acids is 2. The molecule has 11 heteroatoms. The highest BCUT2D eigenvalue weighted by Crippen LogP contribution is 2.35. The van der Waals surface area contributed by atoms with E-state index < -0.39 is 0 Å². The van der Waals surface area contributed by atoms with Crippen LogP contribution in [0, 0.1) is 0 Å². The molecule has 0 radical (unpaired) electrons. The summed E-state index contributed by atoms with van der Waals surface area (Å²) >= 11 is 0. The van der Waals surface area contributed by atoms with Gasteiger partial charge in [-0.3, -0.25) is 9.69 Å². The van der Waals surface area contributed by atoms with Gasteiger partial charge in [0.1, 0.15) is 30.0 Å². The van der Waals surface area contributed by atoms with Crippen LogP contribution in [0.25, 0.3) is 0 Å². The lowest BCUT2D eigenvalue weighted by Crippen LogP contribution is -2.54. The second-order valence-electron chi connectivity index (χ2n) is 8.43. The molecule has 3 atom stereocenters. The number of nitrogens with zero attached hydrogens (tertiary/aromatic N) is 3. The highest BCUT2D eigenvalue weighted by molar-refractivity contribution is 5.96. The van der Waals surface area contributed by atoms with Gasteiger partial charge in [-0.05, 0) is 36.2 Å². The average molecular weight is 481 g/mol. The number of urea groups is 1. The molecule has 184 valence electrons. The van der Waals surface area contributed by atoms with E-state index in [-0.39, 0.29) is 36.7 Å². The van der Waals surface area contributed by atoms with Gasteiger partial charge in [-0.1, -0.05) is 12.1 Å². The summed E-state index contributed by atoms with van der Waals surface area (Å²) in [7, 11) is 4.72. The maximum absolute atomic E-state index is 13.0. The minimum Gasteiger partial charge on any atom is -0.497 e. The first kappa shape index (κ1) is 22.8. The van der Waals surface area contributed by atoms with Crippen molar-refractivity contribution in [2.75, 3.05) is 33.2 Å². The molecule has 0 bridgehead atoms. The molecule has 3 aliphatic heterocycles. The Morgan fingerprint density at radius 2 is 1.74 bits per heavy atom. The lowest BCUT2D eigenvalue weighted by atomic mass is 10.00. The lowest BCUT2D eigenvalue weighted by molar-refractivity contribution is -0.117. The molecule has 11 nitrogen and oxygen atoms in total. The molecule has 0 aliphatic carbocycles. The molecule has 0 saturated carbocycles. The highest BCUT2D eigenvalue weighted by atomic mass is 16.5. The number of benzene rings is 2. The van der Waals surface area contributed by atoms with Crippen LogP contribution in [0.1, 0.15) is 18.0 Å². The molecule has 3 unspecified atom stereocenters. The van der Waals surface area contributed by atoms with Crippen molar-refractivity contribution in [1.29, 1.82) is 0 Å². The lowest BCUT2D eigenvalue weighted by Gasteiger charge is -2.34. The van der Waals surface area contributed by atoms with Crippen molar-refractivity contribution in [1.82, 2.24) is 25.8 Å². The molecule has 3 N–H and O–H groups in total. The van der Waals surface area contributed by atoms with Gasteiger partial charge in [0.2, 0.25) is 5.91 Å². The van der Waals surface area contributed by atoms with Crippen LogP contribution in [-0.4, -0.2) is 66.9 Å². The fraction of sp³-hybridized carbons (Fsp3) is 0.333. The maximum atomic E-state index is 13.0. The van der Waals surface area contributed by atoms with E-state index in [2.05, 4.69) is 16.2 Å². The Morgan fingerprint density at radius 3 is 2.46 bits per heavy atom. The molecule has 2 saturated heterocycles.